The van der Waals surface area contributed by atoms with Crippen LogP contribution in [0, 0.1) is 11.3 Å². The maximum absolute atomic E-state index is 13.2. The minimum absolute atomic E-state index is 0.0486. The molecule has 1 heterocycles. The van der Waals surface area contributed by atoms with E-state index in [2.05, 4.69) is 0 Å². The largest absolute Gasteiger partial charge is 0.373 e. The maximum atomic E-state index is 13.2. The van der Waals surface area contributed by atoms with Crippen LogP contribution in [0.4, 0.5) is 5.69 Å². The first kappa shape index (κ1) is 22.2. The van der Waals surface area contributed by atoms with Gasteiger partial charge in [-0.2, -0.15) is 9.57 Å². The van der Waals surface area contributed by atoms with E-state index in [9.17, 15) is 13.2 Å². The molecule has 0 spiro atoms. The number of hydrogen-bond acceptors (Lipinski definition) is 5. The Morgan fingerprint density at radius 2 is 1.87 bits per heavy atom. The van der Waals surface area contributed by atoms with Crippen LogP contribution < -0.4 is 4.90 Å². The molecular weight excluding hydrogens is 426 g/mol. The van der Waals surface area contributed by atoms with Crippen LogP contribution in [0.15, 0.2) is 47.4 Å². The van der Waals surface area contributed by atoms with Gasteiger partial charge in [0.25, 0.3) is 5.91 Å². The highest BCUT2D eigenvalue weighted by Crippen LogP contribution is 2.29. The zero-order valence-corrected chi connectivity index (χ0v) is 18.4. The van der Waals surface area contributed by atoms with Crippen molar-refractivity contribution in [2.24, 2.45) is 0 Å². The van der Waals surface area contributed by atoms with Gasteiger partial charge in [-0.3, -0.25) is 4.79 Å². The molecule has 0 saturated carbocycles. The predicted molar refractivity (Wildman–Crippen MR) is 114 cm³/mol. The molecule has 0 aliphatic carbocycles. The number of hydrogen-bond donors (Lipinski definition) is 0. The number of benzene rings is 2. The first-order valence-electron chi connectivity index (χ1n) is 9.37. The lowest BCUT2D eigenvalue weighted by atomic mass is 10.1. The number of rotatable bonds is 4. The monoisotopic (exact) mass is 447 g/mol. The second-order valence-electron chi connectivity index (χ2n) is 7.25. The molecule has 2 aromatic rings. The zero-order chi connectivity index (χ0) is 22.1. The number of morpholine rings is 1. The lowest BCUT2D eigenvalue weighted by Gasteiger charge is -2.34. The smallest absolute Gasteiger partial charge is 0.258 e. The quantitative estimate of drug-likeness (QED) is 0.717. The predicted octanol–water partition coefficient (Wildman–Crippen LogP) is 3.29. The number of amides is 1. The number of carbonyl (C=O) groups is 1. The van der Waals surface area contributed by atoms with Crippen LogP contribution in [0.5, 0.6) is 0 Å². The molecule has 2 unspecified atom stereocenters. The number of halogens is 1. The molecule has 0 radical (unpaired) electrons. The minimum atomic E-state index is -3.91. The highest BCUT2D eigenvalue weighted by Gasteiger charge is 2.34. The molecule has 1 fully saturated rings. The average Bonchev–Trinajstić information content (AvgIpc) is 2.72. The second-order valence-corrected chi connectivity index (χ2v) is 9.56. The molecule has 1 aliphatic heterocycles. The van der Waals surface area contributed by atoms with Crippen molar-refractivity contribution in [3.8, 4) is 6.07 Å². The lowest BCUT2D eigenvalue weighted by Crippen LogP contribution is -2.48. The second kappa shape index (κ2) is 8.74. The summed E-state index contributed by atoms with van der Waals surface area (Å²) in [4.78, 5) is 14.2. The van der Waals surface area contributed by atoms with E-state index in [-0.39, 0.29) is 40.8 Å². The first-order valence-corrected chi connectivity index (χ1v) is 11.2. The van der Waals surface area contributed by atoms with Crippen molar-refractivity contribution in [1.82, 2.24) is 4.31 Å². The summed E-state index contributed by atoms with van der Waals surface area (Å²) in [6.07, 6.45) is -0.490. The van der Waals surface area contributed by atoms with Gasteiger partial charge in [-0.25, -0.2) is 8.42 Å². The van der Waals surface area contributed by atoms with E-state index < -0.39 is 15.9 Å². The van der Waals surface area contributed by atoms with Crippen LogP contribution in [0.1, 0.15) is 29.8 Å². The number of sulfonamides is 1. The van der Waals surface area contributed by atoms with Gasteiger partial charge >= 0.3 is 0 Å². The van der Waals surface area contributed by atoms with Gasteiger partial charge in [-0.1, -0.05) is 17.7 Å². The van der Waals surface area contributed by atoms with Crippen LogP contribution in [0.25, 0.3) is 0 Å². The van der Waals surface area contributed by atoms with E-state index in [1.807, 2.05) is 19.9 Å². The van der Waals surface area contributed by atoms with Gasteiger partial charge in [0.1, 0.15) is 4.90 Å². The van der Waals surface area contributed by atoms with Gasteiger partial charge < -0.3 is 9.64 Å². The summed E-state index contributed by atoms with van der Waals surface area (Å²) in [6, 6.07) is 12.8. The van der Waals surface area contributed by atoms with Crippen molar-refractivity contribution in [2.45, 2.75) is 31.0 Å². The van der Waals surface area contributed by atoms with Crippen molar-refractivity contribution in [2.75, 3.05) is 25.0 Å². The van der Waals surface area contributed by atoms with Crippen LogP contribution in [-0.4, -0.2) is 51.0 Å². The molecule has 2 atom stereocenters. The van der Waals surface area contributed by atoms with E-state index in [1.165, 1.54) is 27.4 Å². The fourth-order valence-electron chi connectivity index (χ4n) is 3.40. The third-order valence-electron chi connectivity index (χ3n) is 4.85. The fraction of sp³-hybridized carbons (Fsp3) is 0.333. The molecule has 7 nitrogen and oxygen atoms in total. The summed E-state index contributed by atoms with van der Waals surface area (Å²) in [7, 11) is -2.35. The Labute approximate surface area is 181 Å². The summed E-state index contributed by atoms with van der Waals surface area (Å²) < 4.78 is 33.4. The number of nitriles is 1. The van der Waals surface area contributed by atoms with Gasteiger partial charge in [0.05, 0.1) is 28.9 Å². The summed E-state index contributed by atoms with van der Waals surface area (Å²) in [5.74, 6) is -0.415. The van der Waals surface area contributed by atoms with Gasteiger partial charge in [-0.15, -0.1) is 0 Å². The summed E-state index contributed by atoms with van der Waals surface area (Å²) in [5, 5.41) is 9.12. The van der Waals surface area contributed by atoms with E-state index in [4.69, 9.17) is 21.6 Å². The number of carbonyl (C=O) groups excluding carboxylic acids is 1. The molecule has 30 heavy (non-hydrogen) atoms. The van der Waals surface area contributed by atoms with Crippen LogP contribution in [0.3, 0.4) is 0 Å². The number of nitrogens with zero attached hydrogens (tertiary/aromatic N) is 3. The summed E-state index contributed by atoms with van der Waals surface area (Å²) in [6.45, 7) is 4.04. The molecule has 3 rings (SSSR count). The molecule has 0 N–H and O–H groups in total. The molecule has 1 amide bonds. The van der Waals surface area contributed by atoms with Crippen LogP contribution in [0.2, 0.25) is 5.02 Å². The molecule has 2 aromatic carbocycles. The Balaban J connectivity index is 1.94. The maximum Gasteiger partial charge on any atom is 0.258 e. The molecule has 0 bridgehead atoms. The van der Waals surface area contributed by atoms with Crippen molar-refractivity contribution in [3.05, 3.63) is 58.6 Å². The Hall–Kier alpha value is -2.44. The van der Waals surface area contributed by atoms with Gasteiger partial charge in [0, 0.05) is 31.4 Å². The van der Waals surface area contributed by atoms with E-state index in [1.54, 1.807) is 31.3 Å². The average molecular weight is 448 g/mol. The topological polar surface area (TPSA) is 90.7 Å². The highest BCUT2D eigenvalue weighted by atomic mass is 35.5. The number of ether oxygens (including phenoxy) is 1. The Bertz CT molecular complexity index is 1100. The van der Waals surface area contributed by atoms with Crippen LogP contribution >= 0.6 is 11.6 Å². The van der Waals surface area contributed by atoms with Crippen molar-refractivity contribution >= 4 is 33.2 Å². The standard InChI is InChI=1S/C21H22ClN3O4S/c1-14-12-25(13-15(2)29-14)30(27,28)20-10-17(7-8-19(20)22)21(26)24(3)18-6-4-5-16(9-18)11-23/h4-10,14-15H,12-13H2,1-3H3. The van der Waals surface area contributed by atoms with Crippen molar-refractivity contribution in [1.29, 1.82) is 5.26 Å². The number of anilines is 1. The highest BCUT2D eigenvalue weighted by molar-refractivity contribution is 7.89. The van der Waals surface area contributed by atoms with E-state index in [0.29, 0.717) is 11.3 Å². The summed E-state index contributed by atoms with van der Waals surface area (Å²) >= 11 is 6.22. The SMILES string of the molecule is CC1CN(S(=O)(=O)c2cc(C(=O)N(C)c3cccc(C#N)c3)ccc2Cl)CC(C)O1. The molecule has 1 saturated heterocycles. The van der Waals surface area contributed by atoms with E-state index >= 15 is 0 Å². The Morgan fingerprint density at radius 1 is 1.20 bits per heavy atom. The van der Waals surface area contributed by atoms with Crippen molar-refractivity contribution in [3.63, 3.8) is 0 Å². The molecule has 1 aliphatic rings. The molecule has 158 valence electrons. The summed E-state index contributed by atoms with van der Waals surface area (Å²) in [5.41, 5.74) is 1.12. The normalized spacial score (nSPS) is 19.8. The first-order chi connectivity index (χ1) is 14.1. The van der Waals surface area contributed by atoms with Gasteiger partial charge in [0.2, 0.25) is 10.0 Å². The van der Waals surface area contributed by atoms with Crippen LogP contribution in [-0.2, 0) is 14.8 Å². The zero-order valence-electron chi connectivity index (χ0n) is 16.9. The fourth-order valence-corrected chi connectivity index (χ4v) is 5.49. The Kier molecular flexibility index (Phi) is 6.48. The minimum Gasteiger partial charge on any atom is -0.373 e. The third kappa shape index (κ3) is 4.50. The van der Waals surface area contributed by atoms with Gasteiger partial charge in [0.15, 0.2) is 0 Å². The van der Waals surface area contributed by atoms with E-state index in [0.717, 1.165) is 0 Å². The molecule has 0 aromatic heterocycles. The lowest BCUT2D eigenvalue weighted by molar-refractivity contribution is -0.0440. The molecule has 9 heteroatoms. The van der Waals surface area contributed by atoms with Gasteiger partial charge in [-0.05, 0) is 50.2 Å². The van der Waals surface area contributed by atoms with Crippen molar-refractivity contribution < 1.29 is 17.9 Å². The molecular formula is C21H22ClN3O4S. The Morgan fingerprint density at radius 3 is 2.50 bits per heavy atom. The third-order valence-corrected chi connectivity index (χ3v) is 7.16.